The van der Waals surface area contributed by atoms with E-state index in [2.05, 4.69) is 4.98 Å². The molecule has 1 amide bonds. The van der Waals surface area contributed by atoms with Crippen LogP contribution in [-0.2, 0) is 16.1 Å². The molecule has 1 saturated heterocycles. The number of methoxy groups -OCH3 is 1. The van der Waals surface area contributed by atoms with E-state index in [0.29, 0.717) is 16.9 Å². The predicted molar refractivity (Wildman–Crippen MR) is 121 cm³/mol. The molecule has 6 heteroatoms. The fraction of sp³-hybridized carbons (Fsp3) is 0.192. The minimum Gasteiger partial charge on any atom is -0.507 e. The normalized spacial score (nSPS) is 17.6. The predicted octanol–water partition coefficient (Wildman–Crippen LogP) is 4.33. The van der Waals surface area contributed by atoms with Gasteiger partial charge in [0.2, 0.25) is 0 Å². The molecule has 3 aromatic rings. The Kier molecular flexibility index (Phi) is 5.77. The van der Waals surface area contributed by atoms with Crippen molar-refractivity contribution in [3.63, 3.8) is 0 Å². The highest BCUT2D eigenvalue weighted by atomic mass is 16.5. The Labute approximate surface area is 186 Å². The largest absolute Gasteiger partial charge is 0.507 e. The quantitative estimate of drug-likeness (QED) is 0.372. The number of rotatable bonds is 5. The van der Waals surface area contributed by atoms with Gasteiger partial charge in [-0.3, -0.25) is 14.6 Å². The van der Waals surface area contributed by atoms with Crippen molar-refractivity contribution in [3.8, 4) is 5.75 Å². The average Bonchev–Trinajstić information content (AvgIpc) is 3.06. The Hall–Kier alpha value is -3.93. The van der Waals surface area contributed by atoms with Crippen LogP contribution in [0.3, 0.4) is 0 Å². The number of aliphatic hydroxyl groups excluding tert-OH is 1. The highest BCUT2D eigenvalue weighted by Crippen LogP contribution is 2.41. The third kappa shape index (κ3) is 3.87. The molecule has 162 valence electrons. The Balaban J connectivity index is 1.91. The van der Waals surface area contributed by atoms with E-state index in [-0.39, 0.29) is 17.9 Å². The number of carbonyl (C=O) groups excluding carboxylic acids is 2. The molecule has 1 aromatic heterocycles. The van der Waals surface area contributed by atoms with Gasteiger partial charge in [0.05, 0.1) is 18.7 Å². The summed E-state index contributed by atoms with van der Waals surface area (Å²) in [6.45, 7) is 3.98. The SMILES string of the molecule is COc1cccc(C2/C(=C(\O)c3cc(C)ccc3C)C(=O)C(=O)N2Cc2ccncc2)c1. The summed E-state index contributed by atoms with van der Waals surface area (Å²) in [5, 5.41) is 11.3. The smallest absolute Gasteiger partial charge is 0.295 e. The van der Waals surface area contributed by atoms with Crippen LogP contribution >= 0.6 is 0 Å². The molecule has 1 N–H and O–H groups in total. The fourth-order valence-corrected chi connectivity index (χ4v) is 4.02. The summed E-state index contributed by atoms with van der Waals surface area (Å²) in [6, 6.07) is 15.7. The van der Waals surface area contributed by atoms with Crippen molar-refractivity contribution < 1.29 is 19.4 Å². The molecule has 1 aliphatic heterocycles. The molecular formula is C26H24N2O4. The number of hydrogen-bond donors (Lipinski definition) is 1. The minimum atomic E-state index is -0.752. The molecule has 0 saturated carbocycles. The van der Waals surface area contributed by atoms with Gasteiger partial charge < -0.3 is 14.7 Å². The highest BCUT2D eigenvalue weighted by Gasteiger charge is 2.46. The third-order valence-corrected chi connectivity index (χ3v) is 5.70. The van der Waals surface area contributed by atoms with Gasteiger partial charge in [0.15, 0.2) is 0 Å². The number of hydrogen-bond acceptors (Lipinski definition) is 5. The first-order chi connectivity index (χ1) is 15.4. The van der Waals surface area contributed by atoms with Gasteiger partial charge in [0.1, 0.15) is 11.5 Å². The van der Waals surface area contributed by atoms with Crippen LogP contribution in [0.15, 0.2) is 72.6 Å². The summed E-state index contributed by atoms with van der Waals surface area (Å²) >= 11 is 0. The topological polar surface area (TPSA) is 79.7 Å². The molecule has 0 bridgehead atoms. The van der Waals surface area contributed by atoms with Crippen molar-refractivity contribution in [3.05, 3.63) is 100 Å². The van der Waals surface area contributed by atoms with Crippen molar-refractivity contribution >= 4 is 17.4 Å². The molecule has 2 aromatic carbocycles. The number of aromatic nitrogens is 1. The molecule has 2 heterocycles. The summed E-state index contributed by atoms with van der Waals surface area (Å²) in [5.41, 5.74) is 3.90. The number of ketones is 1. The number of benzene rings is 2. The molecule has 32 heavy (non-hydrogen) atoms. The van der Waals surface area contributed by atoms with E-state index in [1.54, 1.807) is 49.8 Å². The maximum absolute atomic E-state index is 13.2. The van der Waals surface area contributed by atoms with Gasteiger partial charge in [-0.05, 0) is 60.9 Å². The van der Waals surface area contributed by atoms with Crippen LogP contribution in [-0.4, -0.2) is 33.8 Å². The van der Waals surface area contributed by atoms with Crippen LogP contribution < -0.4 is 4.74 Å². The summed E-state index contributed by atoms with van der Waals surface area (Å²) in [5.74, 6) is -0.926. The molecular weight excluding hydrogens is 404 g/mol. The second-order valence-corrected chi connectivity index (χ2v) is 7.88. The van der Waals surface area contributed by atoms with E-state index in [9.17, 15) is 14.7 Å². The highest BCUT2D eigenvalue weighted by molar-refractivity contribution is 6.46. The number of carbonyl (C=O) groups is 2. The molecule has 1 fully saturated rings. The van der Waals surface area contributed by atoms with E-state index in [1.807, 2.05) is 38.1 Å². The average molecular weight is 428 g/mol. The van der Waals surface area contributed by atoms with Crippen molar-refractivity contribution in [1.29, 1.82) is 0 Å². The Morgan fingerprint density at radius 1 is 1.06 bits per heavy atom. The van der Waals surface area contributed by atoms with E-state index in [1.165, 1.54) is 4.90 Å². The summed E-state index contributed by atoms with van der Waals surface area (Å²) in [6.07, 6.45) is 3.28. The van der Waals surface area contributed by atoms with Crippen molar-refractivity contribution in [2.24, 2.45) is 0 Å². The second kappa shape index (κ2) is 8.67. The summed E-state index contributed by atoms with van der Waals surface area (Å²) < 4.78 is 5.36. The molecule has 6 nitrogen and oxygen atoms in total. The minimum absolute atomic E-state index is 0.0750. The number of likely N-dealkylation sites (tertiary alicyclic amines) is 1. The standard InChI is InChI=1S/C26H24N2O4/c1-16-7-8-17(2)21(13-16)24(29)22-23(19-5-4-6-20(14-19)32-3)28(26(31)25(22)30)15-18-9-11-27-12-10-18/h4-14,23,29H,15H2,1-3H3/b24-22+. The Morgan fingerprint density at radius 2 is 1.81 bits per heavy atom. The number of aliphatic hydroxyl groups is 1. The van der Waals surface area contributed by atoms with E-state index < -0.39 is 17.7 Å². The van der Waals surface area contributed by atoms with Crippen LogP contribution in [0.2, 0.25) is 0 Å². The van der Waals surface area contributed by atoms with Crippen molar-refractivity contribution in [1.82, 2.24) is 9.88 Å². The number of Topliss-reactive ketones (excluding diaryl/α,β-unsaturated/α-hetero) is 1. The number of ether oxygens (including phenoxy) is 1. The van der Waals surface area contributed by atoms with Gasteiger partial charge in [0.25, 0.3) is 11.7 Å². The van der Waals surface area contributed by atoms with Gasteiger partial charge in [-0.25, -0.2) is 0 Å². The van der Waals surface area contributed by atoms with Crippen molar-refractivity contribution in [2.75, 3.05) is 7.11 Å². The van der Waals surface area contributed by atoms with E-state index in [0.717, 1.165) is 16.7 Å². The lowest BCUT2D eigenvalue weighted by molar-refractivity contribution is -0.140. The molecule has 1 unspecified atom stereocenters. The first kappa shape index (κ1) is 21.3. The van der Waals surface area contributed by atoms with Crippen LogP contribution in [0.5, 0.6) is 5.75 Å². The molecule has 0 radical (unpaired) electrons. The molecule has 4 rings (SSSR count). The van der Waals surface area contributed by atoms with Gasteiger partial charge in [-0.15, -0.1) is 0 Å². The van der Waals surface area contributed by atoms with Gasteiger partial charge in [-0.2, -0.15) is 0 Å². The van der Waals surface area contributed by atoms with Crippen LogP contribution in [0.1, 0.15) is 33.9 Å². The van der Waals surface area contributed by atoms with Gasteiger partial charge in [0, 0.05) is 24.5 Å². The maximum Gasteiger partial charge on any atom is 0.295 e. The molecule has 0 spiro atoms. The second-order valence-electron chi connectivity index (χ2n) is 7.88. The lowest BCUT2D eigenvalue weighted by Crippen LogP contribution is -2.29. The number of amides is 1. The van der Waals surface area contributed by atoms with Crippen molar-refractivity contribution in [2.45, 2.75) is 26.4 Å². The Bertz CT molecular complexity index is 1220. The lowest BCUT2D eigenvalue weighted by Gasteiger charge is -2.26. The third-order valence-electron chi connectivity index (χ3n) is 5.70. The number of pyridine rings is 1. The van der Waals surface area contributed by atoms with Gasteiger partial charge >= 0.3 is 0 Å². The van der Waals surface area contributed by atoms with Gasteiger partial charge in [-0.1, -0.05) is 29.8 Å². The first-order valence-electron chi connectivity index (χ1n) is 10.3. The first-order valence-corrected chi connectivity index (χ1v) is 10.3. The van der Waals surface area contributed by atoms with E-state index >= 15 is 0 Å². The fourth-order valence-electron chi connectivity index (χ4n) is 4.02. The number of aryl methyl sites for hydroxylation is 2. The lowest BCUT2D eigenvalue weighted by atomic mass is 9.93. The maximum atomic E-state index is 13.2. The molecule has 1 atom stereocenters. The summed E-state index contributed by atoms with van der Waals surface area (Å²) in [4.78, 5) is 31.8. The Morgan fingerprint density at radius 3 is 2.53 bits per heavy atom. The zero-order valence-electron chi connectivity index (χ0n) is 18.2. The molecule has 1 aliphatic rings. The number of nitrogens with zero attached hydrogens (tertiary/aromatic N) is 2. The zero-order chi connectivity index (χ0) is 22.8. The van der Waals surface area contributed by atoms with Crippen LogP contribution in [0, 0.1) is 13.8 Å². The van der Waals surface area contributed by atoms with Crippen LogP contribution in [0.4, 0.5) is 0 Å². The molecule has 0 aliphatic carbocycles. The van der Waals surface area contributed by atoms with E-state index in [4.69, 9.17) is 4.74 Å². The summed E-state index contributed by atoms with van der Waals surface area (Å²) in [7, 11) is 1.56. The van der Waals surface area contributed by atoms with Crippen LogP contribution in [0.25, 0.3) is 5.76 Å². The monoisotopic (exact) mass is 428 g/mol. The zero-order valence-corrected chi connectivity index (χ0v) is 18.2.